The van der Waals surface area contributed by atoms with E-state index in [4.69, 9.17) is 9.47 Å². The van der Waals surface area contributed by atoms with E-state index >= 15 is 0 Å². The molecule has 2 aromatic carbocycles. The molecule has 0 aliphatic carbocycles. The molecule has 2 N–H and O–H groups in total. The summed E-state index contributed by atoms with van der Waals surface area (Å²) in [6, 6.07) is 14.1. The topological polar surface area (TPSA) is 117 Å². The van der Waals surface area contributed by atoms with E-state index in [1.54, 1.807) is 55.1 Å². The number of benzene rings is 2. The molecule has 0 unspecified atom stereocenters. The highest BCUT2D eigenvalue weighted by Gasteiger charge is 2.36. The summed E-state index contributed by atoms with van der Waals surface area (Å²) in [7, 11) is 3.26. The summed E-state index contributed by atoms with van der Waals surface area (Å²) in [6.45, 7) is 2.63. The number of likely N-dealkylation sites (tertiary alicyclic amines) is 1. The normalized spacial score (nSPS) is 24.4. The molecule has 2 heterocycles. The largest absolute Gasteiger partial charge is 0.491 e. The summed E-state index contributed by atoms with van der Waals surface area (Å²) >= 11 is 0. The van der Waals surface area contributed by atoms with E-state index in [1.165, 1.54) is 0 Å². The number of carbonyl (C=O) groups is 4. The van der Waals surface area contributed by atoms with Crippen LogP contribution in [0.3, 0.4) is 0 Å². The van der Waals surface area contributed by atoms with Crippen LogP contribution in [0.4, 0.5) is 0 Å². The van der Waals surface area contributed by atoms with E-state index in [0.29, 0.717) is 25.3 Å². The lowest BCUT2D eigenvalue weighted by Gasteiger charge is -2.32. The first kappa shape index (κ1) is 29.1. The fourth-order valence-corrected chi connectivity index (χ4v) is 5.32. The molecule has 10 heteroatoms. The molecular weight excluding hydrogens is 512 g/mol. The number of hydrogen-bond acceptors (Lipinski definition) is 6. The van der Waals surface area contributed by atoms with Crippen molar-refractivity contribution < 1.29 is 28.7 Å². The summed E-state index contributed by atoms with van der Waals surface area (Å²) in [6.07, 6.45) is 1.81. The number of rotatable bonds is 5. The molecule has 40 heavy (non-hydrogen) atoms. The average Bonchev–Trinajstić information content (AvgIpc) is 3.42. The van der Waals surface area contributed by atoms with Crippen LogP contribution in [0.1, 0.15) is 42.1 Å². The van der Waals surface area contributed by atoms with Gasteiger partial charge in [0.1, 0.15) is 24.4 Å². The Bertz CT molecular complexity index is 1210. The van der Waals surface area contributed by atoms with Gasteiger partial charge in [-0.1, -0.05) is 42.5 Å². The van der Waals surface area contributed by atoms with Gasteiger partial charge in [0.15, 0.2) is 0 Å². The smallest absolute Gasteiger partial charge is 0.255 e. The van der Waals surface area contributed by atoms with Gasteiger partial charge in [-0.05, 0) is 43.9 Å². The predicted octanol–water partition coefficient (Wildman–Crippen LogP) is 1.78. The number of methoxy groups -OCH3 is 1. The average molecular weight is 551 g/mol. The first-order valence-corrected chi connectivity index (χ1v) is 13.7. The second-order valence-electron chi connectivity index (χ2n) is 10.4. The summed E-state index contributed by atoms with van der Waals surface area (Å²) in [5.74, 6) is -1.32. The lowest BCUT2D eigenvalue weighted by Crippen LogP contribution is -2.55. The van der Waals surface area contributed by atoms with Crippen molar-refractivity contribution in [1.82, 2.24) is 20.4 Å². The van der Waals surface area contributed by atoms with E-state index in [-0.39, 0.29) is 42.5 Å². The molecule has 10 nitrogen and oxygen atoms in total. The number of ether oxygens (including phenoxy) is 2. The van der Waals surface area contributed by atoms with Gasteiger partial charge in [0, 0.05) is 20.7 Å². The number of nitrogens with one attached hydrogen (secondary N) is 2. The Morgan fingerprint density at radius 3 is 2.50 bits per heavy atom. The lowest BCUT2D eigenvalue weighted by atomic mass is 10.0. The fraction of sp³-hybridized carbons (Fsp3) is 0.467. The molecule has 2 aromatic rings. The van der Waals surface area contributed by atoms with Crippen molar-refractivity contribution in [2.75, 3.05) is 33.9 Å². The second-order valence-corrected chi connectivity index (χ2v) is 10.4. The highest BCUT2D eigenvalue weighted by atomic mass is 16.5. The molecule has 0 spiro atoms. The van der Waals surface area contributed by atoms with E-state index in [2.05, 4.69) is 10.6 Å². The SMILES string of the molecule is COC[C@@H]1CCCN1C(=O)[C@@H]1CC(=O)N[C@@H](C)C(=O)N(C)[C@@H](Cc2ccccc2)COc2ccccc2C(=O)N1. The molecule has 0 aromatic heterocycles. The van der Waals surface area contributed by atoms with Gasteiger partial charge in [-0.25, -0.2) is 0 Å². The quantitative estimate of drug-likeness (QED) is 0.586. The summed E-state index contributed by atoms with van der Waals surface area (Å²) in [5.41, 5.74) is 1.27. The van der Waals surface area contributed by atoms with Crippen LogP contribution in [-0.2, 0) is 25.5 Å². The zero-order chi connectivity index (χ0) is 28.6. The van der Waals surface area contributed by atoms with E-state index in [9.17, 15) is 19.2 Å². The van der Waals surface area contributed by atoms with E-state index in [1.807, 2.05) is 30.3 Å². The van der Waals surface area contributed by atoms with Crippen LogP contribution in [0.15, 0.2) is 54.6 Å². The van der Waals surface area contributed by atoms with Crippen LogP contribution < -0.4 is 15.4 Å². The van der Waals surface area contributed by atoms with Gasteiger partial charge in [0.2, 0.25) is 17.7 Å². The van der Waals surface area contributed by atoms with Crippen molar-refractivity contribution in [3.8, 4) is 5.75 Å². The third kappa shape index (κ3) is 6.98. The van der Waals surface area contributed by atoms with Crippen LogP contribution in [-0.4, -0.2) is 91.5 Å². The Morgan fingerprint density at radius 1 is 1.02 bits per heavy atom. The van der Waals surface area contributed by atoms with Crippen LogP contribution in [0.2, 0.25) is 0 Å². The fourth-order valence-electron chi connectivity index (χ4n) is 5.32. The maximum atomic E-state index is 13.6. The molecule has 1 fully saturated rings. The first-order chi connectivity index (χ1) is 19.3. The van der Waals surface area contributed by atoms with Crippen molar-refractivity contribution in [3.63, 3.8) is 0 Å². The zero-order valence-corrected chi connectivity index (χ0v) is 23.3. The van der Waals surface area contributed by atoms with Crippen molar-refractivity contribution in [2.24, 2.45) is 0 Å². The summed E-state index contributed by atoms with van der Waals surface area (Å²) in [4.78, 5) is 56.9. The zero-order valence-electron chi connectivity index (χ0n) is 23.3. The number of likely N-dealkylation sites (N-methyl/N-ethyl adjacent to an activating group) is 1. The molecule has 4 atom stereocenters. The van der Waals surface area contributed by atoms with Crippen LogP contribution in [0, 0.1) is 0 Å². The maximum Gasteiger partial charge on any atom is 0.255 e. The number of fused-ring (bicyclic) bond motifs is 1. The standard InChI is InChI=1S/C30H38N4O6/c1-20-29(37)33(2)23(16-21-10-5-4-6-11-21)19-40-26-14-8-7-13-24(26)28(36)32-25(17-27(35)31-20)30(38)34-15-9-12-22(34)18-39-3/h4-8,10-11,13-14,20,22-23,25H,9,12,15-19H2,1-3H3,(H,31,35)(H,32,36)/t20-,22-,23-,25-/m0/s1. The Balaban J connectivity index is 1.64. The van der Waals surface area contributed by atoms with Crippen LogP contribution in [0.5, 0.6) is 5.75 Å². The predicted molar refractivity (Wildman–Crippen MR) is 149 cm³/mol. The number of para-hydroxylation sites is 1. The molecule has 2 aliphatic rings. The highest BCUT2D eigenvalue weighted by molar-refractivity contribution is 6.01. The summed E-state index contributed by atoms with van der Waals surface area (Å²) < 4.78 is 11.4. The van der Waals surface area contributed by atoms with Crippen molar-refractivity contribution in [2.45, 2.75) is 56.8 Å². The Labute approximate surface area is 235 Å². The van der Waals surface area contributed by atoms with Gasteiger partial charge in [-0.15, -0.1) is 0 Å². The minimum absolute atomic E-state index is 0.122. The van der Waals surface area contributed by atoms with Crippen molar-refractivity contribution in [3.05, 3.63) is 65.7 Å². The molecular formula is C30H38N4O6. The Kier molecular flexibility index (Phi) is 9.76. The number of nitrogens with zero attached hydrogens (tertiary/aromatic N) is 2. The van der Waals surface area contributed by atoms with Gasteiger partial charge in [0.25, 0.3) is 5.91 Å². The third-order valence-electron chi connectivity index (χ3n) is 7.53. The van der Waals surface area contributed by atoms with Gasteiger partial charge >= 0.3 is 0 Å². The molecule has 4 amide bonds. The molecule has 0 bridgehead atoms. The number of hydrogen-bond donors (Lipinski definition) is 2. The monoisotopic (exact) mass is 550 g/mol. The lowest BCUT2D eigenvalue weighted by molar-refractivity contribution is -0.139. The van der Waals surface area contributed by atoms with E-state index < -0.39 is 23.9 Å². The molecule has 4 rings (SSSR count). The molecule has 0 radical (unpaired) electrons. The van der Waals surface area contributed by atoms with Crippen LogP contribution >= 0.6 is 0 Å². The highest BCUT2D eigenvalue weighted by Crippen LogP contribution is 2.22. The summed E-state index contributed by atoms with van der Waals surface area (Å²) in [5, 5.41) is 5.50. The van der Waals surface area contributed by atoms with Crippen molar-refractivity contribution in [1.29, 1.82) is 0 Å². The Morgan fingerprint density at radius 2 is 1.75 bits per heavy atom. The molecule has 2 aliphatic heterocycles. The first-order valence-electron chi connectivity index (χ1n) is 13.7. The number of carbonyl (C=O) groups excluding carboxylic acids is 4. The van der Waals surface area contributed by atoms with Gasteiger partial charge in [-0.3, -0.25) is 19.2 Å². The minimum Gasteiger partial charge on any atom is -0.491 e. The van der Waals surface area contributed by atoms with Crippen LogP contribution in [0.25, 0.3) is 0 Å². The molecule has 0 saturated carbocycles. The van der Waals surface area contributed by atoms with Gasteiger partial charge < -0.3 is 29.9 Å². The molecule has 1 saturated heterocycles. The minimum atomic E-state index is -1.12. The number of amides is 4. The third-order valence-corrected chi connectivity index (χ3v) is 7.53. The maximum absolute atomic E-state index is 13.6. The van der Waals surface area contributed by atoms with Gasteiger partial charge in [0.05, 0.1) is 30.7 Å². The second kappa shape index (κ2) is 13.4. The van der Waals surface area contributed by atoms with Gasteiger partial charge in [-0.2, -0.15) is 0 Å². The van der Waals surface area contributed by atoms with Crippen molar-refractivity contribution >= 4 is 23.6 Å². The molecule has 214 valence electrons. The Hall–Kier alpha value is -3.92. The van der Waals surface area contributed by atoms with E-state index in [0.717, 1.165) is 18.4 Å².